The summed E-state index contributed by atoms with van der Waals surface area (Å²) in [6.07, 6.45) is 0. The van der Waals surface area contributed by atoms with Crippen molar-refractivity contribution in [2.75, 3.05) is 5.73 Å². The maximum absolute atomic E-state index is 5.62. The largest absolute Gasteiger partial charge is 0.379 e. The van der Waals surface area contributed by atoms with E-state index in [4.69, 9.17) is 10.3 Å². The summed E-state index contributed by atoms with van der Waals surface area (Å²) in [5, 5.41) is 13.3. The Labute approximate surface area is 118 Å². The van der Waals surface area contributed by atoms with Gasteiger partial charge in [0.2, 0.25) is 17.3 Å². The molecular weight excluding hydrogens is 270 g/mol. The molecule has 0 spiro atoms. The molecule has 102 valence electrons. The number of hydrogen-bond acceptors (Lipinski definition) is 7. The Hall–Kier alpha value is -3.22. The van der Waals surface area contributed by atoms with Gasteiger partial charge in [-0.25, -0.2) is 4.63 Å². The van der Waals surface area contributed by atoms with E-state index in [0.29, 0.717) is 5.82 Å². The van der Waals surface area contributed by atoms with Crippen LogP contribution in [0.3, 0.4) is 0 Å². The summed E-state index contributed by atoms with van der Waals surface area (Å²) >= 11 is 0. The fourth-order valence-electron chi connectivity index (χ4n) is 2.19. The molecular formula is C14H9N5O2. The quantitative estimate of drug-likeness (QED) is 0.601. The molecule has 21 heavy (non-hydrogen) atoms. The van der Waals surface area contributed by atoms with Crippen molar-refractivity contribution >= 4 is 16.6 Å². The molecule has 2 aromatic carbocycles. The third-order valence-corrected chi connectivity index (χ3v) is 3.17. The lowest BCUT2D eigenvalue weighted by Gasteiger charge is -2.01. The van der Waals surface area contributed by atoms with E-state index >= 15 is 0 Å². The zero-order chi connectivity index (χ0) is 14.2. The zero-order valence-corrected chi connectivity index (χ0v) is 10.7. The van der Waals surface area contributed by atoms with Gasteiger partial charge < -0.3 is 10.3 Å². The number of rotatable bonds is 2. The van der Waals surface area contributed by atoms with E-state index in [1.54, 1.807) is 0 Å². The Kier molecular flexibility index (Phi) is 2.43. The first-order valence-corrected chi connectivity index (χ1v) is 6.23. The summed E-state index contributed by atoms with van der Waals surface area (Å²) in [5.41, 5.74) is 6.73. The van der Waals surface area contributed by atoms with Crippen LogP contribution < -0.4 is 5.73 Å². The minimum Gasteiger partial charge on any atom is -0.379 e. The number of anilines is 1. The maximum atomic E-state index is 5.62. The highest BCUT2D eigenvalue weighted by Gasteiger charge is 2.18. The lowest BCUT2D eigenvalue weighted by Crippen LogP contribution is -1.88. The minimum atomic E-state index is 0.114. The topological polar surface area (TPSA) is 104 Å². The fraction of sp³-hybridized carbons (Fsp3) is 0. The molecule has 0 saturated heterocycles. The second kappa shape index (κ2) is 4.41. The van der Waals surface area contributed by atoms with Crippen LogP contribution in [0.15, 0.2) is 51.6 Å². The lowest BCUT2D eigenvalue weighted by molar-refractivity contribution is 0.308. The first-order chi connectivity index (χ1) is 10.3. The zero-order valence-electron chi connectivity index (χ0n) is 10.7. The highest BCUT2D eigenvalue weighted by atomic mass is 16.6. The molecule has 0 bridgehead atoms. The van der Waals surface area contributed by atoms with Gasteiger partial charge in [-0.3, -0.25) is 0 Å². The number of hydrogen-bond donors (Lipinski definition) is 1. The van der Waals surface area contributed by atoms with E-state index in [2.05, 4.69) is 25.1 Å². The van der Waals surface area contributed by atoms with Crippen LogP contribution in [0.2, 0.25) is 0 Å². The molecule has 0 fully saturated rings. The second-order valence-electron chi connectivity index (χ2n) is 4.45. The van der Waals surface area contributed by atoms with Crippen LogP contribution in [0, 0.1) is 0 Å². The molecule has 7 heteroatoms. The molecule has 4 aromatic rings. The van der Waals surface area contributed by atoms with Gasteiger partial charge in [-0.1, -0.05) is 47.6 Å². The standard InChI is InChI=1S/C14H9N5O2/c15-12-11(17-21-18-12)14-16-13(19-20-14)10-7-3-5-8-4-1-2-6-9(8)10/h1-7H,(H2,15,18). The van der Waals surface area contributed by atoms with E-state index < -0.39 is 0 Å². The SMILES string of the molecule is Nc1nonc1-c1nc(-c2cccc3ccccc23)no1. The van der Waals surface area contributed by atoms with Crippen LogP contribution in [-0.2, 0) is 0 Å². The number of benzene rings is 2. The van der Waals surface area contributed by atoms with Gasteiger partial charge in [0.25, 0.3) is 5.89 Å². The van der Waals surface area contributed by atoms with Crippen LogP contribution >= 0.6 is 0 Å². The van der Waals surface area contributed by atoms with Crippen LogP contribution in [0.25, 0.3) is 33.7 Å². The summed E-state index contributed by atoms with van der Waals surface area (Å²) in [7, 11) is 0. The molecule has 0 aliphatic rings. The molecule has 4 rings (SSSR count). The number of nitrogens with zero attached hydrogens (tertiary/aromatic N) is 4. The van der Waals surface area contributed by atoms with E-state index in [1.165, 1.54) is 0 Å². The van der Waals surface area contributed by atoms with Crippen molar-refractivity contribution in [1.29, 1.82) is 0 Å². The average Bonchev–Trinajstić information content (AvgIpc) is 3.15. The van der Waals surface area contributed by atoms with Crippen LogP contribution in [-0.4, -0.2) is 20.5 Å². The van der Waals surface area contributed by atoms with Crippen molar-refractivity contribution in [3.63, 3.8) is 0 Å². The van der Waals surface area contributed by atoms with E-state index in [1.807, 2.05) is 42.5 Å². The van der Waals surface area contributed by atoms with Gasteiger partial charge in [0.05, 0.1) is 0 Å². The summed E-state index contributed by atoms with van der Waals surface area (Å²) < 4.78 is 9.72. The van der Waals surface area contributed by atoms with E-state index in [9.17, 15) is 0 Å². The van der Waals surface area contributed by atoms with Crippen molar-refractivity contribution in [2.24, 2.45) is 0 Å². The van der Waals surface area contributed by atoms with Gasteiger partial charge >= 0.3 is 0 Å². The highest BCUT2D eigenvalue weighted by Crippen LogP contribution is 2.28. The molecule has 0 amide bonds. The average molecular weight is 279 g/mol. The Bertz CT molecular complexity index is 922. The summed E-state index contributed by atoms with van der Waals surface area (Å²) in [6, 6.07) is 13.9. The molecule has 0 atom stereocenters. The maximum Gasteiger partial charge on any atom is 0.284 e. The number of fused-ring (bicyclic) bond motifs is 1. The summed E-state index contributed by atoms with van der Waals surface area (Å²) in [4.78, 5) is 4.31. The van der Waals surface area contributed by atoms with Gasteiger partial charge in [-0.05, 0) is 21.1 Å². The number of aromatic nitrogens is 4. The van der Waals surface area contributed by atoms with Crippen molar-refractivity contribution in [1.82, 2.24) is 20.5 Å². The first-order valence-electron chi connectivity index (χ1n) is 6.23. The Morgan fingerprint density at radius 1 is 0.905 bits per heavy atom. The first kappa shape index (κ1) is 11.6. The van der Waals surface area contributed by atoms with Crippen molar-refractivity contribution in [2.45, 2.75) is 0 Å². The van der Waals surface area contributed by atoms with E-state index in [-0.39, 0.29) is 17.4 Å². The Morgan fingerprint density at radius 3 is 2.62 bits per heavy atom. The molecule has 0 saturated carbocycles. The molecule has 2 heterocycles. The van der Waals surface area contributed by atoms with Crippen molar-refractivity contribution in [3.05, 3.63) is 42.5 Å². The summed E-state index contributed by atoms with van der Waals surface area (Å²) in [5.74, 6) is 0.754. The molecule has 0 radical (unpaired) electrons. The lowest BCUT2D eigenvalue weighted by atomic mass is 10.0. The Morgan fingerprint density at radius 2 is 1.76 bits per heavy atom. The van der Waals surface area contributed by atoms with Crippen molar-refractivity contribution < 1.29 is 9.15 Å². The molecule has 0 aliphatic heterocycles. The smallest absolute Gasteiger partial charge is 0.284 e. The van der Waals surface area contributed by atoms with Gasteiger partial charge in [0.1, 0.15) is 0 Å². The fourth-order valence-corrected chi connectivity index (χ4v) is 2.19. The van der Waals surface area contributed by atoms with E-state index in [0.717, 1.165) is 16.3 Å². The monoisotopic (exact) mass is 279 g/mol. The third kappa shape index (κ3) is 1.83. The van der Waals surface area contributed by atoms with Gasteiger partial charge in [0, 0.05) is 5.56 Å². The van der Waals surface area contributed by atoms with Crippen LogP contribution in [0.4, 0.5) is 5.82 Å². The molecule has 2 N–H and O–H groups in total. The minimum absolute atomic E-state index is 0.114. The second-order valence-corrected chi connectivity index (χ2v) is 4.45. The number of nitrogen functional groups attached to an aromatic ring is 1. The molecule has 0 unspecified atom stereocenters. The highest BCUT2D eigenvalue weighted by molar-refractivity contribution is 5.95. The van der Waals surface area contributed by atoms with Crippen LogP contribution in [0.5, 0.6) is 0 Å². The molecule has 0 aliphatic carbocycles. The molecule has 2 aromatic heterocycles. The Balaban J connectivity index is 1.87. The normalized spacial score (nSPS) is 11.0. The van der Waals surface area contributed by atoms with Crippen molar-refractivity contribution in [3.8, 4) is 23.0 Å². The van der Waals surface area contributed by atoms with Crippen LogP contribution in [0.1, 0.15) is 0 Å². The molecule has 7 nitrogen and oxygen atoms in total. The number of nitrogens with two attached hydrogens (primary N) is 1. The summed E-state index contributed by atoms with van der Waals surface area (Å²) in [6.45, 7) is 0. The van der Waals surface area contributed by atoms with Gasteiger partial charge in [-0.2, -0.15) is 4.98 Å². The predicted octanol–water partition coefficient (Wildman–Crippen LogP) is 2.52. The third-order valence-electron chi connectivity index (χ3n) is 3.17. The predicted molar refractivity (Wildman–Crippen MR) is 74.9 cm³/mol. The van der Waals surface area contributed by atoms with Gasteiger partial charge in [0.15, 0.2) is 0 Å². The van der Waals surface area contributed by atoms with Gasteiger partial charge in [-0.15, -0.1) is 0 Å².